The smallest absolute Gasteiger partial charge is 0.392 e. The Balaban J connectivity index is 2.21. The van der Waals surface area contributed by atoms with Crippen molar-refractivity contribution >= 4 is 17.8 Å². The number of imidazole rings is 1. The number of benzene rings is 1. The summed E-state index contributed by atoms with van der Waals surface area (Å²) in [4.78, 5) is 40.3. The number of ether oxygens (including phenoxy) is 1. The van der Waals surface area contributed by atoms with Crippen LogP contribution < -0.4 is 5.73 Å². The number of hydrogen-bond acceptors (Lipinski definition) is 6. The third-order valence-corrected chi connectivity index (χ3v) is 5.05. The van der Waals surface area contributed by atoms with Gasteiger partial charge in [-0.2, -0.15) is 13.2 Å². The monoisotopic (exact) mass is 484 g/mol. The van der Waals surface area contributed by atoms with Crippen LogP contribution in [-0.2, 0) is 22.5 Å². The van der Waals surface area contributed by atoms with Gasteiger partial charge < -0.3 is 15.0 Å². The summed E-state index contributed by atoms with van der Waals surface area (Å²) in [7, 11) is 0. The maximum atomic E-state index is 12.8. The molecule has 0 saturated carbocycles. The Morgan fingerprint density at radius 3 is 2.44 bits per heavy atom. The van der Waals surface area contributed by atoms with Gasteiger partial charge in [0.05, 0.1) is 18.2 Å². The van der Waals surface area contributed by atoms with Crippen molar-refractivity contribution in [2.24, 2.45) is 5.73 Å². The molecule has 2 aromatic rings. The van der Waals surface area contributed by atoms with Crippen molar-refractivity contribution < 1.29 is 37.5 Å². The zero-order chi connectivity index (χ0) is 25.5. The highest BCUT2D eigenvalue weighted by Gasteiger charge is 2.28. The Bertz CT molecular complexity index is 1000. The van der Waals surface area contributed by atoms with Gasteiger partial charge in [-0.3, -0.25) is 14.8 Å². The summed E-state index contributed by atoms with van der Waals surface area (Å²) in [6.07, 6.45) is -2.11. The molecule has 1 atom stereocenters. The van der Waals surface area contributed by atoms with Crippen LogP contribution in [0.1, 0.15) is 65.3 Å². The number of carbonyl (C=O) groups is 3. The van der Waals surface area contributed by atoms with Gasteiger partial charge in [0.15, 0.2) is 0 Å². The second-order valence-electron chi connectivity index (χ2n) is 7.68. The Morgan fingerprint density at radius 1 is 1.24 bits per heavy atom. The first-order valence-corrected chi connectivity index (χ1v) is 10.6. The van der Waals surface area contributed by atoms with Gasteiger partial charge in [0.1, 0.15) is 24.2 Å². The number of primary amides is 1. The van der Waals surface area contributed by atoms with Gasteiger partial charge in [-0.1, -0.05) is 25.5 Å². The van der Waals surface area contributed by atoms with Gasteiger partial charge in [0.2, 0.25) is 5.91 Å². The van der Waals surface area contributed by atoms with Crippen LogP contribution in [0.15, 0.2) is 30.5 Å². The molecule has 1 aromatic carbocycles. The molecular formula is C22H27F3N4O5. The molecule has 1 heterocycles. The molecule has 0 fully saturated rings. The van der Waals surface area contributed by atoms with E-state index >= 15 is 0 Å². The maximum Gasteiger partial charge on any atom is 0.392 e. The second-order valence-corrected chi connectivity index (χ2v) is 7.68. The van der Waals surface area contributed by atoms with Crippen LogP contribution in [0.2, 0.25) is 0 Å². The summed E-state index contributed by atoms with van der Waals surface area (Å²) in [5.74, 6) is -2.03. The number of halogens is 3. The Morgan fingerprint density at radius 2 is 1.88 bits per heavy atom. The molecule has 1 unspecified atom stereocenters. The van der Waals surface area contributed by atoms with E-state index in [2.05, 4.69) is 9.72 Å². The fourth-order valence-electron chi connectivity index (χ4n) is 2.98. The van der Waals surface area contributed by atoms with Crippen LogP contribution in [0.4, 0.5) is 13.2 Å². The van der Waals surface area contributed by atoms with Crippen LogP contribution in [-0.4, -0.2) is 56.4 Å². The molecular weight excluding hydrogens is 457 g/mol. The fourth-order valence-corrected chi connectivity index (χ4v) is 2.98. The minimum Gasteiger partial charge on any atom is -0.462 e. The van der Waals surface area contributed by atoms with Crippen molar-refractivity contribution in [3.05, 3.63) is 53.1 Å². The highest BCUT2D eigenvalue weighted by Crippen LogP contribution is 2.20. The number of unbranched alkanes of at least 4 members (excludes halogenated alkanes) is 1. The van der Waals surface area contributed by atoms with Gasteiger partial charge in [-0.15, -0.1) is 0 Å². The number of amides is 2. The van der Waals surface area contributed by atoms with Gasteiger partial charge in [-0.05, 0) is 31.0 Å². The molecule has 2 amide bonds. The molecule has 0 spiro atoms. The number of rotatable bonds is 11. The van der Waals surface area contributed by atoms with Crippen molar-refractivity contribution in [1.29, 1.82) is 0 Å². The fraction of sp³-hybridized carbons (Fsp3) is 0.455. The average Bonchev–Trinajstić information content (AvgIpc) is 3.17. The van der Waals surface area contributed by atoms with Crippen molar-refractivity contribution in [3.8, 4) is 0 Å². The summed E-state index contributed by atoms with van der Waals surface area (Å²) >= 11 is 0. The van der Waals surface area contributed by atoms with Crippen LogP contribution in [0.25, 0.3) is 0 Å². The van der Waals surface area contributed by atoms with Crippen molar-refractivity contribution in [2.45, 2.75) is 58.3 Å². The molecule has 9 nitrogen and oxygen atoms in total. The van der Waals surface area contributed by atoms with E-state index in [1.807, 2.05) is 6.92 Å². The van der Waals surface area contributed by atoms with Gasteiger partial charge >= 0.3 is 12.1 Å². The predicted molar refractivity (Wildman–Crippen MR) is 114 cm³/mol. The Kier molecular flexibility index (Phi) is 9.19. The topological polar surface area (TPSA) is 128 Å². The summed E-state index contributed by atoms with van der Waals surface area (Å²) < 4.78 is 42.9. The zero-order valence-electron chi connectivity index (χ0n) is 18.8. The molecule has 34 heavy (non-hydrogen) atoms. The molecule has 0 radical (unpaired) electrons. The second kappa shape index (κ2) is 11.6. The molecule has 1 aromatic heterocycles. The minimum absolute atomic E-state index is 0.0392. The van der Waals surface area contributed by atoms with E-state index in [1.54, 1.807) is 16.7 Å². The summed E-state index contributed by atoms with van der Waals surface area (Å²) in [6, 6.07) is 4.70. The highest BCUT2D eigenvalue weighted by molar-refractivity contribution is 5.95. The molecule has 12 heteroatoms. The molecule has 186 valence electrons. The lowest BCUT2D eigenvalue weighted by Crippen LogP contribution is -2.44. The number of carbonyl (C=O) groups excluding carboxylic acids is 3. The standard InChI is InChI=1S/C22H27F3N4O5/c1-3-4-5-18-27-12-17(20(31)29(33)14(2)19(26)30)28(18)13-15-6-8-16(9-7-15)21(32)34-11-10-22(23,24)25/h6-9,12,14,33H,3-5,10-11,13H2,1-2H3,(H2,26,30). The van der Waals surface area contributed by atoms with E-state index in [0.717, 1.165) is 12.8 Å². The third kappa shape index (κ3) is 7.30. The highest BCUT2D eigenvalue weighted by atomic mass is 19.4. The zero-order valence-corrected chi connectivity index (χ0v) is 18.8. The van der Waals surface area contributed by atoms with Crippen LogP contribution in [0, 0.1) is 0 Å². The third-order valence-electron chi connectivity index (χ3n) is 5.05. The molecule has 2 rings (SSSR count). The van der Waals surface area contributed by atoms with E-state index in [9.17, 15) is 32.8 Å². The van der Waals surface area contributed by atoms with Gasteiger partial charge in [0, 0.05) is 13.0 Å². The van der Waals surface area contributed by atoms with Crippen molar-refractivity contribution in [3.63, 3.8) is 0 Å². The quantitative estimate of drug-likeness (QED) is 0.287. The molecule has 3 N–H and O–H groups in total. The number of aromatic nitrogens is 2. The number of esters is 1. The Labute approximate surface area is 194 Å². The van der Waals surface area contributed by atoms with E-state index in [1.165, 1.54) is 25.3 Å². The number of nitrogens with zero attached hydrogens (tertiary/aromatic N) is 3. The van der Waals surface area contributed by atoms with Crippen LogP contribution in [0.5, 0.6) is 0 Å². The first-order chi connectivity index (χ1) is 15.9. The Hall–Kier alpha value is -3.41. The number of hydroxylamine groups is 2. The predicted octanol–water partition coefficient (Wildman–Crippen LogP) is 3.09. The molecule has 0 bridgehead atoms. The first kappa shape index (κ1) is 26.8. The largest absolute Gasteiger partial charge is 0.462 e. The van der Waals surface area contributed by atoms with Crippen LogP contribution in [0.3, 0.4) is 0 Å². The van der Waals surface area contributed by atoms with Gasteiger partial charge in [0.25, 0.3) is 5.91 Å². The van der Waals surface area contributed by atoms with E-state index in [-0.39, 0.29) is 22.9 Å². The first-order valence-electron chi connectivity index (χ1n) is 10.6. The molecule has 0 aliphatic rings. The van der Waals surface area contributed by atoms with Crippen molar-refractivity contribution in [1.82, 2.24) is 14.6 Å². The normalized spacial score (nSPS) is 12.3. The number of nitrogens with two attached hydrogens (primary N) is 1. The average molecular weight is 484 g/mol. The van der Waals surface area contributed by atoms with Crippen molar-refractivity contribution in [2.75, 3.05) is 6.61 Å². The molecule has 0 aliphatic heterocycles. The molecule has 0 saturated heterocycles. The minimum atomic E-state index is -4.42. The maximum absolute atomic E-state index is 12.8. The SMILES string of the molecule is CCCCc1ncc(C(=O)N(O)C(C)C(N)=O)n1Cc1ccc(C(=O)OCCC(F)(F)F)cc1. The number of hydrogen-bond donors (Lipinski definition) is 2. The van der Waals surface area contributed by atoms with E-state index in [0.29, 0.717) is 17.8 Å². The van der Waals surface area contributed by atoms with Crippen LogP contribution >= 0.6 is 0 Å². The van der Waals surface area contributed by atoms with Gasteiger partial charge in [-0.25, -0.2) is 14.8 Å². The molecule has 0 aliphatic carbocycles. The lowest BCUT2D eigenvalue weighted by Gasteiger charge is -2.21. The van der Waals surface area contributed by atoms with E-state index in [4.69, 9.17) is 5.73 Å². The number of alkyl halides is 3. The van der Waals surface area contributed by atoms with E-state index < -0.39 is 43.0 Å². The summed E-state index contributed by atoms with van der Waals surface area (Å²) in [5.41, 5.74) is 5.94. The summed E-state index contributed by atoms with van der Waals surface area (Å²) in [6.45, 7) is 2.66. The lowest BCUT2D eigenvalue weighted by molar-refractivity contribution is -0.141. The lowest BCUT2D eigenvalue weighted by atomic mass is 10.1. The number of aryl methyl sites for hydroxylation is 1. The summed E-state index contributed by atoms with van der Waals surface area (Å²) in [5, 5.41) is 10.4.